The average molecular weight is 329 g/mol. The van der Waals surface area contributed by atoms with Crippen LogP contribution in [0.15, 0.2) is 24.4 Å². The summed E-state index contributed by atoms with van der Waals surface area (Å²) in [4.78, 5) is 15.5. The normalized spacial score (nSPS) is 18.8. The Morgan fingerprint density at radius 2 is 2.17 bits per heavy atom. The van der Waals surface area contributed by atoms with Crippen molar-refractivity contribution in [1.82, 2.24) is 14.9 Å². The lowest BCUT2D eigenvalue weighted by Crippen LogP contribution is -2.38. The van der Waals surface area contributed by atoms with Crippen LogP contribution in [0.3, 0.4) is 0 Å². The van der Waals surface area contributed by atoms with Crippen LogP contribution in [0.2, 0.25) is 0 Å². The first kappa shape index (κ1) is 15.0. The quantitative estimate of drug-likeness (QED) is 0.920. The molecule has 0 saturated heterocycles. The number of hydrogen-bond acceptors (Lipinski definition) is 5. The first-order valence-corrected chi connectivity index (χ1v) is 8.01. The minimum Gasteiger partial charge on any atom is -0.486 e. The van der Waals surface area contributed by atoms with Crippen LogP contribution >= 0.6 is 0 Å². The molecule has 0 fully saturated rings. The summed E-state index contributed by atoms with van der Waals surface area (Å²) in [6, 6.07) is 5.92. The molecule has 1 aromatic carbocycles. The van der Waals surface area contributed by atoms with Crippen LogP contribution in [0, 0.1) is 0 Å². The molecule has 1 amide bonds. The fourth-order valence-corrected chi connectivity index (χ4v) is 3.00. The Balaban J connectivity index is 1.60. The van der Waals surface area contributed by atoms with Gasteiger partial charge >= 0.3 is 0 Å². The highest BCUT2D eigenvalue weighted by Crippen LogP contribution is 2.35. The summed E-state index contributed by atoms with van der Waals surface area (Å²) in [5.41, 5.74) is 2.04. The molecule has 1 aromatic heterocycles. The van der Waals surface area contributed by atoms with Gasteiger partial charge in [-0.3, -0.25) is 4.79 Å². The van der Waals surface area contributed by atoms with E-state index in [9.17, 15) is 4.79 Å². The highest BCUT2D eigenvalue weighted by atomic mass is 16.6. The fourth-order valence-electron chi connectivity index (χ4n) is 3.00. The van der Waals surface area contributed by atoms with Gasteiger partial charge in [-0.05, 0) is 18.2 Å². The molecule has 7 heteroatoms. The standard InChI is InChI=1S/C17H19N3O4/c1-11(21)18-7-13-9-20-14(8-19-17(20)10-24-13)12-2-3-15-16(6-12)23-5-4-22-15/h2-3,6,8,13H,4-5,7,9-10H2,1H3,(H,18,21)/t13-/m0/s1. The van der Waals surface area contributed by atoms with Gasteiger partial charge in [0.2, 0.25) is 5.91 Å². The second-order valence-corrected chi connectivity index (χ2v) is 5.90. The van der Waals surface area contributed by atoms with E-state index in [4.69, 9.17) is 14.2 Å². The highest BCUT2D eigenvalue weighted by molar-refractivity contribution is 5.72. The number of carbonyl (C=O) groups is 1. The molecule has 7 nitrogen and oxygen atoms in total. The highest BCUT2D eigenvalue weighted by Gasteiger charge is 2.23. The van der Waals surface area contributed by atoms with Crippen LogP contribution in [0.4, 0.5) is 0 Å². The van der Waals surface area contributed by atoms with Gasteiger partial charge in [-0.1, -0.05) is 0 Å². The third-order valence-corrected chi connectivity index (χ3v) is 4.19. The van der Waals surface area contributed by atoms with Crippen LogP contribution < -0.4 is 14.8 Å². The molecule has 2 aromatic rings. The van der Waals surface area contributed by atoms with Gasteiger partial charge in [-0.25, -0.2) is 4.98 Å². The molecular formula is C17H19N3O4. The van der Waals surface area contributed by atoms with Crippen LogP contribution in [0.5, 0.6) is 11.5 Å². The van der Waals surface area contributed by atoms with Gasteiger partial charge in [0.25, 0.3) is 0 Å². The van der Waals surface area contributed by atoms with Crippen molar-refractivity contribution in [1.29, 1.82) is 0 Å². The molecule has 0 bridgehead atoms. The second kappa shape index (κ2) is 6.16. The Kier molecular flexibility index (Phi) is 3.86. The zero-order valence-electron chi connectivity index (χ0n) is 13.4. The van der Waals surface area contributed by atoms with Gasteiger partial charge in [-0.15, -0.1) is 0 Å². The fraction of sp³-hybridized carbons (Fsp3) is 0.412. The summed E-state index contributed by atoms with van der Waals surface area (Å²) in [6.45, 7) is 4.23. The summed E-state index contributed by atoms with van der Waals surface area (Å²) in [7, 11) is 0. The SMILES string of the molecule is CC(=O)NC[C@H]1Cn2c(-c3ccc4c(c3)OCCO4)cnc2CO1. The Morgan fingerprint density at radius 3 is 3.00 bits per heavy atom. The van der Waals surface area contributed by atoms with E-state index in [1.54, 1.807) is 0 Å². The van der Waals surface area contributed by atoms with Crippen molar-refractivity contribution >= 4 is 5.91 Å². The molecule has 0 spiro atoms. The lowest BCUT2D eigenvalue weighted by Gasteiger charge is -2.26. The number of rotatable bonds is 3. The smallest absolute Gasteiger partial charge is 0.216 e. The molecule has 1 atom stereocenters. The predicted molar refractivity (Wildman–Crippen MR) is 85.9 cm³/mol. The average Bonchev–Trinajstić information content (AvgIpc) is 3.02. The van der Waals surface area contributed by atoms with Gasteiger partial charge in [0.15, 0.2) is 11.5 Å². The molecule has 126 valence electrons. The Hall–Kier alpha value is -2.54. The molecule has 2 aliphatic heterocycles. The number of benzene rings is 1. The van der Waals surface area contributed by atoms with E-state index in [2.05, 4.69) is 14.9 Å². The van der Waals surface area contributed by atoms with Crippen molar-refractivity contribution in [3.05, 3.63) is 30.2 Å². The number of nitrogens with one attached hydrogen (secondary N) is 1. The monoisotopic (exact) mass is 329 g/mol. The molecule has 2 aliphatic rings. The van der Waals surface area contributed by atoms with Gasteiger partial charge in [0.1, 0.15) is 25.6 Å². The summed E-state index contributed by atoms with van der Waals surface area (Å²) in [6.07, 6.45) is 1.79. The first-order chi connectivity index (χ1) is 11.7. The summed E-state index contributed by atoms with van der Waals surface area (Å²) in [5, 5.41) is 2.80. The van der Waals surface area contributed by atoms with E-state index >= 15 is 0 Å². The Morgan fingerprint density at radius 1 is 1.33 bits per heavy atom. The summed E-state index contributed by atoms with van der Waals surface area (Å²) < 4.78 is 19.1. The number of fused-ring (bicyclic) bond motifs is 2. The third-order valence-electron chi connectivity index (χ3n) is 4.19. The van der Waals surface area contributed by atoms with Crippen molar-refractivity contribution < 1.29 is 19.0 Å². The number of carbonyl (C=O) groups excluding carboxylic acids is 1. The van der Waals surface area contributed by atoms with Crippen molar-refractivity contribution in [2.75, 3.05) is 19.8 Å². The molecule has 3 heterocycles. The van der Waals surface area contributed by atoms with E-state index in [0.29, 0.717) is 32.9 Å². The number of nitrogens with zero attached hydrogens (tertiary/aromatic N) is 2. The van der Waals surface area contributed by atoms with Crippen molar-refractivity contribution in [2.45, 2.75) is 26.2 Å². The molecule has 4 rings (SSSR count). The number of amides is 1. The van der Waals surface area contributed by atoms with Gasteiger partial charge in [0, 0.05) is 19.0 Å². The van der Waals surface area contributed by atoms with Gasteiger partial charge in [-0.2, -0.15) is 0 Å². The number of hydrogen-bond donors (Lipinski definition) is 1. The van der Waals surface area contributed by atoms with Crippen molar-refractivity contribution in [2.24, 2.45) is 0 Å². The zero-order chi connectivity index (χ0) is 16.5. The lowest BCUT2D eigenvalue weighted by atomic mass is 10.1. The van der Waals surface area contributed by atoms with Crippen LogP contribution in [-0.2, 0) is 22.7 Å². The largest absolute Gasteiger partial charge is 0.486 e. The maximum Gasteiger partial charge on any atom is 0.216 e. The van der Waals surface area contributed by atoms with Crippen LogP contribution in [-0.4, -0.2) is 41.3 Å². The minimum absolute atomic E-state index is 0.0536. The molecule has 0 saturated carbocycles. The lowest BCUT2D eigenvalue weighted by molar-refractivity contribution is -0.120. The molecule has 0 radical (unpaired) electrons. The number of imidazole rings is 1. The Bertz CT molecular complexity index is 771. The van der Waals surface area contributed by atoms with E-state index in [1.165, 1.54) is 6.92 Å². The second-order valence-electron chi connectivity index (χ2n) is 5.90. The van der Waals surface area contributed by atoms with Crippen LogP contribution in [0.25, 0.3) is 11.3 Å². The van der Waals surface area contributed by atoms with E-state index in [0.717, 1.165) is 28.6 Å². The maximum absolute atomic E-state index is 11.1. The number of ether oxygens (including phenoxy) is 3. The van der Waals surface area contributed by atoms with Crippen molar-refractivity contribution in [3.8, 4) is 22.8 Å². The van der Waals surface area contributed by atoms with E-state index in [1.807, 2.05) is 24.4 Å². The molecule has 1 N–H and O–H groups in total. The maximum atomic E-state index is 11.1. The Labute approximate surface area is 139 Å². The number of aromatic nitrogens is 2. The minimum atomic E-state index is -0.0634. The molecular weight excluding hydrogens is 310 g/mol. The topological polar surface area (TPSA) is 74.6 Å². The van der Waals surface area contributed by atoms with Crippen LogP contribution in [0.1, 0.15) is 12.7 Å². The third kappa shape index (κ3) is 2.82. The predicted octanol–water partition coefficient (Wildman–Crippen LogP) is 1.36. The molecule has 24 heavy (non-hydrogen) atoms. The first-order valence-electron chi connectivity index (χ1n) is 8.01. The summed E-state index contributed by atoms with van der Waals surface area (Å²) in [5.74, 6) is 2.37. The molecule has 0 unspecified atom stereocenters. The zero-order valence-corrected chi connectivity index (χ0v) is 13.4. The van der Waals surface area contributed by atoms with Gasteiger partial charge < -0.3 is 24.1 Å². The van der Waals surface area contributed by atoms with E-state index in [-0.39, 0.29) is 12.0 Å². The van der Waals surface area contributed by atoms with Gasteiger partial charge in [0.05, 0.1) is 24.5 Å². The van der Waals surface area contributed by atoms with Crippen molar-refractivity contribution in [3.63, 3.8) is 0 Å². The summed E-state index contributed by atoms with van der Waals surface area (Å²) >= 11 is 0. The molecule has 0 aliphatic carbocycles. The van der Waals surface area contributed by atoms with E-state index < -0.39 is 0 Å².